The van der Waals surface area contributed by atoms with Crippen molar-refractivity contribution >= 4 is 42.4 Å². The highest BCUT2D eigenvalue weighted by atomic mass is 35.5. The first-order valence-electron chi connectivity index (χ1n) is 11.4. The minimum atomic E-state index is -3.17. The van der Waals surface area contributed by atoms with Crippen LogP contribution in [0.5, 0.6) is 0 Å². The van der Waals surface area contributed by atoms with E-state index < -0.39 is 7.60 Å². The number of benzene rings is 3. The Hall–Kier alpha value is -2.93. The summed E-state index contributed by atoms with van der Waals surface area (Å²) in [5.74, 6) is 0.833. The van der Waals surface area contributed by atoms with Crippen LogP contribution in [0.25, 0.3) is 22.7 Å². The van der Waals surface area contributed by atoms with Crippen LogP contribution in [0.2, 0.25) is 10.0 Å². The topological polar surface area (TPSA) is 90.7 Å². The maximum Gasteiger partial charge on any atom is 0.334 e. The fourth-order valence-electron chi connectivity index (χ4n) is 3.67. The van der Waals surface area contributed by atoms with E-state index in [1.807, 2.05) is 36.4 Å². The van der Waals surface area contributed by atoms with Gasteiger partial charge in [-0.2, -0.15) is 0 Å². The molecule has 0 aliphatic rings. The van der Waals surface area contributed by atoms with Crippen molar-refractivity contribution in [3.05, 3.63) is 94.2 Å². The number of carbonyl (C=O) groups is 1. The van der Waals surface area contributed by atoms with Crippen LogP contribution in [0.3, 0.4) is 0 Å². The third-order valence-electron chi connectivity index (χ3n) is 5.66. The summed E-state index contributed by atoms with van der Waals surface area (Å²) < 4.78 is 28.4. The van der Waals surface area contributed by atoms with E-state index in [2.05, 4.69) is 5.32 Å². The molecular formula is C27H25Cl2N2O5P. The lowest BCUT2D eigenvalue weighted by molar-refractivity contribution is -0.116. The predicted molar refractivity (Wildman–Crippen MR) is 146 cm³/mol. The molecule has 0 bridgehead atoms. The van der Waals surface area contributed by atoms with Gasteiger partial charge in [-0.25, -0.2) is 4.98 Å². The van der Waals surface area contributed by atoms with Crippen molar-refractivity contribution in [2.75, 3.05) is 19.5 Å². The molecule has 3 aromatic carbocycles. The van der Waals surface area contributed by atoms with Gasteiger partial charge in [-0.05, 0) is 42.0 Å². The third-order valence-corrected chi connectivity index (χ3v) is 8.26. The molecule has 1 amide bonds. The van der Waals surface area contributed by atoms with Gasteiger partial charge < -0.3 is 18.8 Å². The molecular weight excluding hydrogens is 534 g/mol. The van der Waals surface area contributed by atoms with Gasteiger partial charge in [-0.3, -0.25) is 9.36 Å². The minimum Gasteiger partial charge on any atom is -0.440 e. The molecule has 1 N–H and O–H groups in total. The zero-order valence-electron chi connectivity index (χ0n) is 20.2. The summed E-state index contributed by atoms with van der Waals surface area (Å²) in [5.41, 5.74) is 3.56. The molecule has 0 saturated heterocycles. The van der Waals surface area contributed by atoms with E-state index in [9.17, 15) is 9.36 Å². The molecule has 37 heavy (non-hydrogen) atoms. The number of amides is 1. The monoisotopic (exact) mass is 558 g/mol. The lowest BCUT2D eigenvalue weighted by Gasteiger charge is -2.13. The Bertz CT molecular complexity index is 1420. The van der Waals surface area contributed by atoms with E-state index in [1.54, 1.807) is 36.4 Å². The smallest absolute Gasteiger partial charge is 0.334 e. The number of hydrogen-bond donors (Lipinski definition) is 1. The molecule has 4 aromatic rings. The maximum atomic E-state index is 12.7. The number of oxazole rings is 1. The van der Waals surface area contributed by atoms with Gasteiger partial charge in [-0.15, -0.1) is 0 Å². The van der Waals surface area contributed by atoms with Crippen molar-refractivity contribution < 1.29 is 22.8 Å². The van der Waals surface area contributed by atoms with Crippen LogP contribution in [0, 0.1) is 0 Å². The Kier molecular flexibility index (Phi) is 8.85. The summed E-state index contributed by atoms with van der Waals surface area (Å²) >= 11 is 12.3. The van der Waals surface area contributed by atoms with Crippen LogP contribution >= 0.6 is 30.8 Å². The zero-order valence-corrected chi connectivity index (χ0v) is 22.6. The average Bonchev–Trinajstić information content (AvgIpc) is 3.35. The van der Waals surface area contributed by atoms with Crippen molar-refractivity contribution in [1.29, 1.82) is 0 Å². The quantitative estimate of drug-likeness (QED) is 0.199. The number of carbonyl (C=O) groups excluding carboxylic acids is 1. The van der Waals surface area contributed by atoms with Crippen molar-refractivity contribution in [1.82, 2.24) is 4.98 Å². The second-order valence-corrected chi connectivity index (χ2v) is 11.2. The van der Waals surface area contributed by atoms with Crippen molar-refractivity contribution in [2.24, 2.45) is 0 Å². The molecule has 1 aromatic heterocycles. The molecule has 0 radical (unpaired) electrons. The Balaban J connectivity index is 1.48. The molecule has 7 nitrogen and oxygen atoms in total. The molecule has 1 heterocycles. The summed E-state index contributed by atoms with van der Waals surface area (Å²) in [6, 6.07) is 21.8. The highest BCUT2D eigenvalue weighted by Gasteiger charge is 2.22. The van der Waals surface area contributed by atoms with Gasteiger partial charge in [0.25, 0.3) is 0 Å². The molecule has 0 aliphatic heterocycles. The summed E-state index contributed by atoms with van der Waals surface area (Å²) in [6.07, 6.45) is 0.632. The summed E-state index contributed by atoms with van der Waals surface area (Å²) in [7, 11) is -0.466. The lowest BCUT2D eigenvalue weighted by Crippen LogP contribution is -2.12. The fourth-order valence-corrected chi connectivity index (χ4v) is 5.03. The highest BCUT2D eigenvalue weighted by Crippen LogP contribution is 2.49. The first-order chi connectivity index (χ1) is 17.8. The number of aromatic nitrogens is 1. The second-order valence-electron chi connectivity index (χ2n) is 8.16. The molecule has 0 atom stereocenters. The van der Waals surface area contributed by atoms with Gasteiger partial charge in [0.2, 0.25) is 11.8 Å². The van der Waals surface area contributed by atoms with Gasteiger partial charge in [0, 0.05) is 43.9 Å². The highest BCUT2D eigenvalue weighted by molar-refractivity contribution is 7.52. The summed E-state index contributed by atoms with van der Waals surface area (Å²) in [5, 5.41) is 3.72. The van der Waals surface area contributed by atoms with Crippen LogP contribution in [-0.4, -0.2) is 25.1 Å². The van der Waals surface area contributed by atoms with E-state index in [0.717, 1.165) is 16.7 Å². The molecule has 0 aliphatic carbocycles. The standard InChI is InChI=1S/C27H25Cl2N2O5P/c1-34-37(33,35-2)17-18-8-11-21(12-9-18)30-25(32)15-14-24-26(20-10-13-22(28)23(29)16-20)31-27(36-24)19-6-4-3-5-7-19/h3-13,16H,14-15,17H2,1-2H3,(H,30,32). The van der Waals surface area contributed by atoms with Gasteiger partial charge in [0.05, 0.1) is 16.2 Å². The first kappa shape index (κ1) is 27.1. The van der Waals surface area contributed by atoms with Crippen LogP contribution < -0.4 is 5.32 Å². The number of anilines is 1. The van der Waals surface area contributed by atoms with Gasteiger partial charge in [0.1, 0.15) is 11.5 Å². The first-order valence-corrected chi connectivity index (χ1v) is 13.9. The number of nitrogens with zero attached hydrogens (tertiary/aromatic N) is 1. The van der Waals surface area contributed by atoms with Crippen molar-refractivity contribution in [3.8, 4) is 22.7 Å². The number of halogens is 2. The number of hydrogen-bond acceptors (Lipinski definition) is 6. The molecule has 0 fully saturated rings. The largest absolute Gasteiger partial charge is 0.440 e. The van der Waals surface area contributed by atoms with Gasteiger partial charge in [-0.1, -0.05) is 59.6 Å². The summed E-state index contributed by atoms with van der Waals surface area (Å²) in [6.45, 7) is 0. The van der Waals surface area contributed by atoms with E-state index in [4.69, 9.17) is 41.7 Å². The van der Waals surface area contributed by atoms with Crippen LogP contribution in [0.4, 0.5) is 5.69 Å². The Morgan fingerprint density at radius 3 is 2.30 bits per heavy atom. The zero-order chi connectivity index (χ0) is 26.4. The van der Waals surface area contributed by atoms with E-state index >= 15 is 0 Å². The molecule has 10 heteroatoms. The normalized spacial score (nSPS) is 11.5. The molecule has 4 rings (SSSR count). The molecule has 0 saturated carbocycles. The Morgan fingerprint density at radius 1 is 0.946 bits per heavy atom. The number of rotatable bonds is 10. The van der Waals surface area contributed by atoms with Crippen molar-refractivity contribution in [2.45, 2.75) is 19.0 Å². The lowest BCUT2D eigenvalue weighted by atomic mass is 10.1. The Morgan fingerprint density at radius 2 is 1.65 bits per heavy atom. The molecule has 0 spiro atoms. The van der Waals surface area contributed by atoms with E-state index in [0.29, 0.717) is 39.5 Å². The predicted octanol–water partition coefficient (Wildman–Crippen LogP) is 7.87. The summed E-state index contributed by atoms with van der Waals surface area (Å²) in [4.78, 5) is 17.4. The number of nitrogens with one attached hydrogen (secondary N) is 1. The third kappa shape index (κ3) is 6.89. The molecule has 0 unspecified atom stereocenters. The Labute approximate surface area is 225 Å². The van der Waals surface area contributed by atoms with Gasteiger partial charge in [0.15, 0.2) is 0 Å². The number of aryl methyl sites for hydroxylation is 1. The van der Waals surface area contributed by atoms with E-state index in [1.165, 1.54) is 14.2 Å². The van der Waals surface area contributed by atoms with Gasteiger partial charge >= 0.3 is 7.60 Å². The second kappa shape index (κ2) is 12.1. The minimum absolute atomic E-state index is 0.140. The van der Waals surface area contributed by atoms with Crippen LogP contribution in [0.1, 0.15) is 17.7 Å². The maximum absolute atomic E-state index is 12.7. The SMILES string of the molecule is COP(=O)(Cc1ccc(NC(=O)CCc2oc(-c3ccccc3)nc2-c2ccc(Cl)c(Cl)c2)cc1)OC. The van der Waals surface area contributed by atoms with Crippen LogP contribution in [0.15, 0.2) is 77.2 Å². The van der Waals surface area contributed by atoms with Crippen LogP contribution in [-0.2, 0) is 31.0 Å². The average molecular weight is 559 g/mol. The fraction of sp³-hybridized carbons (Fsp3) is 0.185. The molecule has 192 valence electrons. The van der Waals surface area contributed by atoms with Crippen molar-refractivity contribution in [3.63, 3.8) is 0 Å². The van der Waals surface area contributed by atoms with E-state index in [-0.39, 0.29) is 18.5 Å².